The number of hydrogen-bond donors (Lipinski definition) is 1. The third-order valence-electron chi connectivity index (χ3n) is 3.53. The standard InChI is InChI=1S/C13H23N3OS2/c1-8(2)16-13(14-7-15-16)5-11(17)12-6-18-9(3)10(4)19-12/h7-12,17H,5-6H2,1-4H3. The third-order valence-corrected chi connectivity index (χ3v) is 7.07. The van der Waals surface area contributed by atoms with E-state index < -0.39 is 0 Å². The molecule has 1 aliphatic heterocycles. The third kappa shape index (κ3) is 3.67. The van der Waals surface area contributed by atoms with Gasteiger partial charge in [-0.15, -0.1) is 0 Å². The Morgan fingerprint density at radius 3 is 2.79 bits per heavy atom. The Bertz CT molecular complexity index is 410. The number of thioether (sulfide) groups is 2. The van der Waals surface area contributed by atoms with Crippen LogP contribution in [0.25, 0.3) is 0 Å². The molecule has 1 aliphatic rings. The Balaban J connectivity index is 1.97. The molecule has 0 amide bonds. The normalized spacial score (nSPS) is 29.7. The molecular weight excluding hydrogens is 278 g/mol. The van der Waals surface area contributed by atoms with Crippen molar-refractivity contribution in [1.29, 1.82) is 0 Å². The summed E-state index contributed by atoms with van der Waals surface area (Å²) >= 11 is 3.87. The first-order valence-electron chi connectivity index (χ1n) is 6.82. The fourth-order valence-corrected chi connectivity index (χ4v) is 5.19. The first-order chi connectivity index (χ1) is 8.99. The lowest BCUT2D eigenvalue weighted by Crippen LogP contribution is -2.36. The van der Waals surface area contributed by atoms with Crippen molar-refractivity contribution < 1.29 is 5.11 Å². The van der Waals surface area contributed by atoms with Crippen LogP contribution in [0.5, 0.6) is 0 Å². The summed E-state index contributed by atoms with van der Waals surface area (Å²) in [5.41, 5.74) is 0. The molecule has 0 saturated carbocycles. The minimum Gasteiger partial charge on any atom is -0.391 e. The Morgan fingerprint density at radius 1 is 1.42 bits per heavy atom. The van der Waals surface area contributed by atoms with Crippen molar-refractivity contribution >= 4 is 23.5 Å². The van der Waals surface area contributed by atoms with E-state index in [1.165, 1.54) is 0 Å². The highest BCUT2D eigenvalue weighted by Gasteiger charge is 2.31. The molecule has 0 aliphatic carbocycles. The van der Waals surface area contributed by atoms with Gasteiger partial charge in [0.2, 0.25) is 0 Å². The number of aliphatic hydroxyl groups excluding tert-OH is 1. The summed E-state index contributed by atoms with van der Waals surface area (Å²) in [6.07, 6.45) is 1.83. The first-order valence-corrected chi connectivity index (χ1v) is 8.81. The van der Waals surface area contributed by atoms with Crippen LogP contribution in [0.4, 0.5) is 0 Å². The maximum Gasteiger partial charge on any atom is 0.138 e. The molecular formula is C13H23N3OS2. The van der Waals surface area contributed by atoms with Gasteiger partial charge in [0.25, 0.3) is 0 Å². The minimum absolute atomic E-state index is 0.289. The Labute approximate surface area is 123 Å². The van der Waals surface area contributed by atoms with Crippen LogP contribution in [0, 0.1) is 0 Å². The SMILES string of the molecule is CC1SCC(C(O)Cc2ncnn2C(C)C)SC1C. The molecule has 0 spiro atoms. The van der Waals surface area contributed by atoms with E-state index in [1.807, 2.05) is 28.2 Å². The van der Waals surface area contributed by atoms with Gasteiger partial charge in [-0.3, -0.25) is 0 Å². The second-order valence-electron chi connectivity index (χ2n) is 5.40. The highest BCUT2D eigenvalue weighted by atomic mass is 32.2. The Morgan fingerprint density at radius 2 is 2.16 bits per heavy atom. The number of nitrogens with zero attached hydrogens (tertiary/aromatic N) is 3. The smallest absolute Gasteiger partial charge is 0.138 e. The van der Waals surface area contributed by atoms with Crippen LogP contribution in [-0.4, -0.2) is 47.5 Å². The molecule has 1 saturated heterocycles. The lowest BCUT2D eigenvalue weighted by atomic mass is 10.2. The molecule has 1 aromatic heterocycles. The van der Waals surface area contributed by atoms with Crippen LogP contribution in [0.15, 0.2) is 6.33 Å². The lowest BCUT2D eigenvalue weighted by molar-refractivity contribution is 0.172. The van der Waals surface area contributed by atoms with Gasteiger partial charge in [0.1, 0.15) is 12.2 Å². The number of aliphatic hydroxyl groups is 1. The fourth-order valence-electron chi connectivity index (χ4n) is 2.18. The quantitative estimate of drug-likeness (QED) is 0.925. The molecule has 1 N–H and O–H groups in total. The van der Waals surface area contributed by atoms with Crippen molar-refractivity contribution in [2.45, 2.75) is 62.0 Å². The zero-order chi connectivity index (χ0) is 14.0. The summed E-state index contributed by atoms with van der Waals surface area (Å²) in [4.78, 5) is 4.28. The van der Waals surface area contributed by atoms with Gasteiger partial charge in [-0.2, -0.15) is 28.6 Å². The minimum atomic E-state index is -0.339. The van der Waals surface area contributed by atoms with E-state index in [2.05, 4.69) is 37.8 Å². The van der Waals surface area contributed by atoms with Gasteiger partial charge in [-0.05, 0) is 13.8 Å². The zero-order valence-electron chi connectivity index (χ0n) is 12.0. The molecule has 4 atom stereocenters. The van der Waals surface area contributed by atoms with E-state index in [1.54, 1.807) is 6.33 Å². The maximum absolute atomic E-state index is 10.4. The predicted octanol–water partition coefficient (Wildman–Crippen LogP) is 2.39. The van der Waals surface area contributed by atoms with Crippen LogP contribution in [0.1, 0.15) is 39.6 Å². The molecule has 108 valence electrons. The van der Waals surface area contributed by atoms with E-state index in [-0.39, 0.29) is 12.1 Å². The van der Waals surface area contributed by atoms with Gasteiger partial charge in [-0.1, -0.05) is 13.8 Å². The van der Waals surface area contributed by atoms with Crippen LogP contribution in [0.2, 0.25) is 0 Å². The molecule has 1 fully saturated rings. The second-order valence-corrected chi connectivity index (χ2v) is 8.44. The topological polar surface area (TPSA) is 50.9 Å². The molecule has 19 heavy (non-hydrogen) atoms. The van der Waals surface area contributed by atoms with Gasteiger partial charge in [0.15, 0.2) is 0 Å². The van der Waals surface area contributed by atoms with Gasteiger partial charge < -0.3 is 5.11 Å². The summed E-state index contributed by atoms with van der Waals surface area (Å²) in [5.74, 6) is 1.91. The van der Waals surface area contributed by atoms with Crippen LogP contribution in [0.3, 0.4) is 0 Å². The second kappa shape index (κ2) is 6.50. The first kappa shape index (κ1) is 15.2. The van der Waals surface area contributed by atoms with Crippen LogP contribution in [-0.2, 0) is 6.42 Å². The summed E-state index contributed by atoms with van der Waals surface area (Å²) < 4.78 is 1.90. The van der Waals surface area contributed by atoms with Crippen molar-refractivity contribution in [1.82, 2.24) is 14.8 Å². The van der Waals surface area contributed by atoms with Crippen molar-refractivity contribution in [3.63, 3.8) is 0 Å². The van der Waals surface area contributed by atoms with Crippen LogP contribution < -0.4 is 0 Å². The fraction of sp³-hybridized carbons (Fsp3) is 0.846. The molecule has 1 aromatic rings. The highest BCUT2D eigenvalue weighted by Crippen LogP contribution is 2.37. The predicted molar refractivity (Wildman–Crippen MR) is 82.9 cm³/mol. The Kier molecular flexibility index (Phi) is 5.20. The van der Waals surface area contributed by atoms with Gasteiger partial charge in [0, 0.05) is 34.0 Å². The molecule has 6 heteroatoms. The molecule has 2 heterocycles. The Hall–Kier alpha value is -0.200. The summed E-state index contributed by atoms with van der Waals surface area (Å²) in [6, 6.07) is 0.289. The van der Waals surface area contributed by atoms with Gasteiger partial charge in [-0.25, -0.2) is 9.67 Å². The maximum atomic E-state index is 10.4. The van der Waals surface area contributed by atoms with Crippen molar-refractivity contribution in [2.24, 2.45) is 0 Å². The van der Waals surface area contributed by atoms with E-state index in [0.717, 1.165) is 11.6 Å². The lowest BCUT2D eigenvalue weighted by Gasteiger charge is -2.33. The van der Waals surface area contributed by atoms with E-state index in [0.29, 0.717) is 22.2 Å². The van der Waals surface area contributed by atoms with Crippen LogP contribution >= 0.6 is 23.5 Å². The summed E-state index contributed by atoms with van der Waals surface area (Å²) in [6.45, 7) is 8.68. The molecule has 0 aromatic carbocycles. The molecule has 0 bridgehead atoms. The van der Waals surface area contributed by atoms with E-state index >= 15 is 0 Å². The molecule has 4 nitrogen and oxygen atoms in total. The summed E-state index contributed by atoms with van der Waals surface area (Å²) in [7, 11) is 0. The van der Waals surface area contributed by atoms with Gasteiger partial charge in [0.05, 0.1) is 6.10 Å². The average molecular weight is 301 g/mol. The monoisotopic (exact) mass is 301 g/mol. The molecule has 4 unspecified atom stereocenters. The average Bonchev–Trinajstić information content (AvgIpc) is 2.80. The largest absolute Gasteiger partial charge is 0.391 e. The van der Waals surface area contributed by atoms with Crippen molar-refractivity contribution in [3.8, 4) is 0 Å². The van der Waals surface area contributed by atoms with Crippen molar-refractivity contribution in [3.05, 3.63) is 12.2 Å². The number of hydrogen-bond acceptors (Lipinski definition) is 5. The summed E-state index contributed by atoms with van der Waals surface area (Å²) in [5, 5.41) is 16.2. The van der Waals surface area contributed by atoms with Gasteiger partial charge >= 0.3 is 0 Å². The molecule has 0 radical (unpaired) electrons. The van der Waals surface area contributed by atoms with Crippen molar-refractivity contribution in [2.75, 3.05) is 5.75 Å². The zero-order valence-corrected chi connectivity index (χ0v) is 13.6. The highest BCUT2D eigenvalue weighted by molar-refractivity contribution is 8.07. The molecule has 2 rings (SSSR count). The number of rotatable bonds is 4. The van der Waals surface area contributed by atoms with E-state index in [4.69, 9.17) is 0 Å². The van der Waals surface area contributed by atoms with E-state index in [9.17, 15) is 5.11 Å². The number of aromatic nitrogens is 3.